The van der Waals surface area contributed by atoms with Gasteiger partial charge in [0.05, 0.1) is 24.9 Å². The average molecular weight is 559 g/mol. The third-order valence-corrected chi connectivity index (χ3v) is 8.22. The summed E-state index contributed by atoms with van der Waals surface area (Å²) in [6.45, 7) is 8.01. The molecule has 1 aromatic carbocycles. The number of hydrogen-bond donors (Lipinski definition) is 2. The Morgan fingerprint density at radius 1 is 1.08 bits per heavy atom. The van der Waals surface area contributed by atoms with E-state index in [1.807, 2.05) is 6.07 Å². The predicted molar refractivity (Wildman–Crippen MR) is 144 cm³/mol. The van der Waals surface area contributed by atoms with E-state index in [1.54, 1.807) is 52.8 Å². The van der Waals surface area contributed by atoms with Crippen LogP contribution in [0.1, 0.15) is 65.0 Å². The Hall–Kier alpha value is -2.53. The molecule has 216 valence electrons. The van der Waals surface area contributed by atoms with Crippen molar-refractivity contribution in [3.05, 3.63) is 35.4 Å². The topological polar surface area (TPSA) is 128 Å². The van der Waals surface area contributed by atoms with Gasteiger partial charge in [-0.2, -0.15) is 0 Å². The Balaban J connectivity index is 3.12. The highest BCUT2D eigenvalue weighted by atomic mass is 32.2. The molecule has 0 aliphatic rings. The Labute approximate surface area is 226 Å². The standard InChI is InChI=1S/C27H43FN2O7S/c1-7-36-23(31)17-38(34,35)19-26(4,5)13-10-14-27(18-28,25(33)30-29-6)22-12-9-11-21(16-22)15-20(3)24(32)37-8-2/h9,11-12,16,20,29H,7-8,10,13-15,17-19H2,1-6H3,(H,30,33). The van der Waals surface area contributed by atoms with Gasteiger partial charge in [-0.3, -0.25) is 19.8 Å². The van der Waals surface area contributed by atoms with Crippen molar-refractivity contribution >= 4 is 27.7 Å². The molecule has 0 heterocycles. The van der Waals surface area contributed by atoms with E-state index < -0.39 is 50.9 Å². The molecule has 0 radical (unpaired) electrons. The zero-order valence-electron chi connectivity index (χ0n) is 23.4. The van der Waals surface area contributed by atoms with Gasteiger partial charge in [0.1, 0.15) is 17.8 Å². The molecular weight excluding hydrogens is 515 g/mol. The molecule has 11 heteroatoms. The molecule has 2 atom stereocenters. The first-order chi connectivity index (χ1) is 17.8. The van der Waals surface area contributed by atoms with Crippen molar-refractivity contribution in [2.24, 2.45) is 11.3 Å². The molecule has 9 nitrogen and oxygen atoms in total. The molecule has 38 heavy (non-hydrogen) atoms. The quantitative estimate of drug-likeness (QED) is 0.221. The molecule has 0 bridgehead atoms. The molecule has 2 unspecified atom stereocenters. The van der Waals surface area contributed by atoms with Crippen molar-refractivity contribution in [2.75, 3.05) is 38.4 Å². The van der Waals surface area contributed by atoms with Crippen LogP contribution in [0.2, 0.25) is 0 Å². The SMILES string of the molecule is CCOC(=O)CS(=O)(=O)CC(C)(C)CCCC(CF)(C(=O)NNC)c1cccc(CC(C)C(=O)OCC)c1. The highest BCUT2D eigenvalue weighted by molar-refractivity contribution is 7.92. The van der Waals surface area contributed by atoms with Crippen LogP contribution in [0.3, 0.4) is 0 Å². The van der Waals surface area contributed by atoms with E-state index in [0.29, 0.717) is 24.8 Å². The number of hydrazine groups is 1. The molecule has 1 aromatic rings. The van der Waals surface area contributed by atoms with E-state index in [9.17, 15) is 27.2 Å². The number of sulfone groups is 1. The van der Waals surface area contributed by atoms with Crippen LogP contribution >= 0.6 is 0 Å². The van der Waals surface area contributed by atoms with Gasteiger partial charge in [-0.25, -0.2) is 18.2 Å². The van der Waals surface area contributed by atoms with Gasteiger partial charge in [-0.05, 0) is 49.7 Å². The molecule has 0 saturated carbocycles. The molecule has 0 aliphatic heterocycles. The number of alkyl halides is 1. The van der Waals surface area contributed by atoms with Gasteiger partial charge >= 0.3 is 11.9 Å². The van der Waals surface area contributed by atoms with E-state index in [4.69, 9.17) is 9.47 Å². The second kappa shape index (κ2) is 15.2. The van der Waals surface area contributed by atoms with Crippen LogP contribution in [0, 0.1) is 11.3 Å². The van der Waals surface area contributed by atoms with Crippen LogP contribution in [0.25, 0.3) is 0 Å². The fourth-order valence-corrected chi connectivity index (χ4v) is 6.39. The van der Waals surface area contributed by atoms with Crippen molar-refractivity contribution < 1.29 is 36.7 Å². The lowest BCUT2D eigenvalue weighted by molar-refractivity contribution is -0.147. The van der Waals surface area contributed by atoms with Gasteiger partial charge < -0.3 is 9.47 Å². The summed E-state index contributed by atoms with van der Waals surface area (Å²) in [4.78, 5) is 36.9. The van der Waals surface area contributed by atoms with Gasteiger partial charge in [0.2, 0.25) is 5.91 Å². The maximum Gasteiger partial charge on any atom is 0.321 e. The zero-order valence-corrected chi connectivity index (χ0v) is 24.2. The summed E-state index contributed by atoms with van der Waals surface area (Å²) < 4.78 is 49.6. The Bertz CT molecular complexity index is 1050. The smallest absolute Gasteiger partial charge is 0.321 e. The molecule has 1 amide bonds. The second-order valence-corrected chi connectivity index (χ2v) is 12.4. The van der Waals surface area contributed by atoms with Gasteiger partial charge in [0.15, 0.2) is 9.84 Å². The molecule has 1 rings (SSSR count). The first-order valence-electron chi connectivity index (χ1n) is 12.9. The minimum absolute atomic E-state index is 0.0979. The molecular formula is C27H43FN2O7S. The van der Waals surface area contributed by atoms with E-state index in [-0.39, 0.29) is 31.4 Å². The van der Waals surface area contributed by atoms with Gasteiger partial charge in [0, 0.05) is 7.05 Å². The maximum atomic E-state index is 14.8. The normalized spacial score (nSPS) is 14.3. The van der Waals surface area contributed by atoms with E-state index >= 15 is 0 Å². The first kappa shape index (κ1) is 33.5. The van der Waals surface area contributed by atoms with Gasteiger partial charge in [-0.15, -0.1) is 0 Å². The van der Waals surface area contributed by atoms with Crippen LogP contribution in [0.15, 0.2) is 24.3 Å². The van der Waals surface area contributed by atoms with Crippen molar-refractivity contribution in [2.45, 2.75) is 65.7 Å². The number of amides is 1. The van der Waals surface area contributed by atoms with Crippen molar-refractivity contribution in [3.63, 3.8) is 0 Å². The molecule has 0 aliphatic carbocycles. The lowest BCUT2D eigenvalue weighted by Crippen LogP contribution is -2.50. The average Bonchev–Trinajstić information content (AvgIpc) is 2.81. The number of benzene rings is 1. The van der Waals surface area contributed by atoms with Crippen molar-refractivity contribution in [3.8, 4) is 0 Å². The number of halogens is 1. The molecule has 2 N–H and O–H groups in total. The molecule has 0 spiro atoms. The van der Waals surface area contributed by atoms with Crippen LogP contribution in [0.5, 0.6) is 0 Å². The summed E-state index contributed by atoms with van der Waals surface area (Å²) in [6, 6.07) is 6.96. The number of nitrogens with one attached hydrogen (secondary N) is 2. The Morgan fingerprint density at radius 3 is 2.32 bits per heavy atom. The van der Waals surface area contributed by atoms with E-state index in [2.05, 4.69) is 10.9 Å². The fraction of sp³-hybridized carbons (Fsp3) is 0.667. The number of ether oxygens (including phenoxy) is 2. The summed E-state index contributed by atoms with van der Waals surface area (Å²) in [5.74, 6) is -3.02. The second-order valence-electron chi connectivity index (χ2n) is 10.3. The van der Waals surface area contributed by atoms with E-state index in [1.165, 1.54) is 7.05 Å². The fourth-order valence-electron chi connectivity index (χ4n) is 4.51. The van der Waals surface area contributed by atoms with Gasteiger partial charge in [0.25, 0.3) is 0 Å². The summed E-state index contributed by atoms with van der Waals surface area (Å²) in [6.07, 6.45) is 1.22. The van der Waals surface area contributed by atoms with Crippen LogP contribution in [-0.4, -0.2) is 64.7 Å². The minimum atomic E-state index is -3.71. The van der Waals surface area contributed by atoms with Crippen LogP contribution in [0.4, 0.5) is 4.39 Å². The summed E-state index contributed by atoms with van der Waals surface area (Å²) in [7, 11) is -2.20. The summed E-state index contributed by atoms with van der Waals surface area (Å²) in [5.41, 5.74) is 4.06. The number of rotatable bonds is 17. The number of carbonyl (C=O) groups is 3. The predicted octanol–water partition coefficient (Wildman–Crippen LogP) is 3.06. The highest BCUT2D eigenvalue weighted by Crippen LogP contribution is 2.35. The molecule has 0 saturated heterocycles. The summed E-state index contributed by atoms with van der Waals surface area (Å²) in [5, 5.41) is 0. The Kier molecular flexibility index (Phi) is 13.4. The van der Waals surface area contributed by atoms with E-state index in [0.717, 1.165) is 5.56 Å². The number of carbonyl (C=O) groups excluding carboxylic acids is 3. The van der Waals surface area contributed by atoms with Crippen LogP contribution in [-0.2, 0) is 45.5 Å². The van der Waals surface area contributed by atoms with Crippen molar-refractivity contribution in [1.82, 2.24) is 10.9 Å². The number of esters is 2. The zero-order chi connectivity index (χ0) is 29.0. The third-order valence-electron chi connectivity index (χ3n) is 6.32. The Morgan fingerprint density at radius 2 is 1.74 bits per heavy atom. The summed E-state index contributed by atoms with van der Waals surface area (Å²) >= 11 is 0. The first-order valence-corrected chi connectivity index (χ1v) is 14.7. The number of hydrogen-bond acceptors (Lipinski definition) is 8. The largest absolute Gasteiger partial charge is 0.466 e. The lowest BCUT2D eigenvalue weighted by atomic mass is 9.74. The maximum absolute atomic E-state index is 14.8. The van der Waals surface area contributed by atoms with Gasteiger partial charge in [-0.1, -0.05) is 51.5 Å². The molecule has 0 aromatic heterocycles. The van der Waals surface area contributed by atoms with Crippen LogP contribution < -0.4 is 10.9 Å². The van der Waals surface area contributed by atoms with Crippen molar-refractivity contribution in [1.29, 1.82) is 0 Å². The highest BCUT2D eigenvalue weighted by Gasteiger charge is 2.41. The molecule has 0 fully saturated rings. The third kappa shape index (κ3) is 10.3. The monoisotopic (exact) mass is 558 g/mol. The lowest BCUT2D eigenvalue weighted by Gasteiger charge is -2.32. The minimum Gasteiger partial charge on any atom is -0.466 e.